The van der Waals surface area contributed by atoms with Gasteiger partial charge in [-0.25, -0.2) is 9.55 Å². The van der Waals surface area contributed by atoms with Crippen LogP contribution >= 0.6 is 0 Å². The topological polar surface area (TPSA) is 35.9 Å². The first kappa shape index (κ1) is 38.1. The van der Waals surface area contributed by atoms with Crippen molar-refractivity contribution in [2.45, 2.75) is 66.1 Å². The second-order valence-corrected chi connectivity index (χ2v) is 27.7. The molecule has 1 aliphatic rings. The van der Waals surface area contributed by atoms with Crippen LogP contribution in [0.2, 0.25) is 0 Å². The van der Waals surface area contributed by atoms with Crippen molar-refractivity contribution in [3.63, 3.8) is 0 Å². The average molecular weight is 1370 g/mol. The molecule has 0 N–H and O–H groups in total. The van der Waals surface area contributed by atoms with Crippen LogP contribution in [0.4, 0.5) is 0 Å². The van der Waals surface area contributed by atoms with Crippen molar-refractivity contribution in [1.82, 2.24) is 14.1 Å². The van der Waals surface area contributed by atoms with Gasteiger partial charge in [-0.15, -0.1) is 29.7 Å². The van der Waals surface area contributed by atoms with Crippen LogP contribution in [-0.2, 0) is 31.9 Å². The molecule has 0 fully saturated rings. The van der Waals surface area contributed by atoms with Crippen molar-refractivity contribution in [2.24, 2.45) is 0 Å². The number of para-hydroxylation sites is 3. The van der Waals surface area contributed by atoms with Crippen molar-refractivity contribution < 1.29 is 59.2 Å². The predicted octanol–water partition coefficient (Wildman–Crippen LogP) is 17.4. The van der Waals surface area contributed by atoms with E-state index in [9.17, 15) is 16.4 Å². The van der Waals surface area contributed by atoms with E-state index in [1.165, 1.54) is 6.07 Å². The molecule has 436 valence electrons. The number of pyridine rings is 1. The molecular formula is C82H67N4OPtSi-. The molecule has 0 spiro atoms. The van der Waals surface area contributed by atoms with Crippen LogP contribution in [0.3, 0.4) is 0 Å². The molecule has 3 aromatic heterocycles. The number of ether oxygens (including phenoxy) is 1. The molecule has 4 heterocycles. The minimum atomic E-state index is -5.68. The third-order valence-corrected chi connectivity index (χ3v) is 21.0. The molecule has 14 aromatic rings. The van der Waals surface area contributed by atoms with Gasteiger partial charge in [0, 0.05) is 74.9 Å². The summed E-state index contributed by atoms with van der Waals surface area (Å²) in [6, 6.07) is 42.8. The Kier molecular flexibility index (Phi) is 9.54. The molecule has 89 heavy (non-hydrogen) atoms. The smallest absolute Gasteiger partial charge is 0.253 e. The number of nitrogens with zero attached hydrogens (tertiary/aromatic N) is 4. The summed E-state index contributed by atoms with van der Waals surface area (Å²) in [6.45, 7) is 7.30. The Morgan fingerprint density at radius 2 is 1.07 bits per heavy atom. The van der Waals surface area contributed by atoms with Crippen LogP contribution in [0.5, 0.6) is 11.5 Å². The maximum Gasteiger partial charge on any atom is 0.253 e. The molecule has 0 amide bonds. The summed E-state index contributed by atoms with van der Waals surface area (Å²) in [5.41, 5.74) is 9.25. The van der Waals surface area contributed by atoms with Gasteiger partial charge in [-0.3, -0.25) is 0 Å². The Morgan fingerprint density at radius 3 is 1.74 bits per heavy atom. The van der Waals surface area contributed by atoms with Crippen LogP contribution in [0.25, 0.3) is 94.5 Å². The van der Waals surface area contributed by atoms with Crippen molar-refractivity contribution in [3.05, 3.63) is 295 Å². The van der Waals surface area contributed by atoms with E-state index in [1.54, 1.807) is 34.9 Å². The molecule has 0 unspecified atom stereocenters. The fourth-order valence-electron chi connectivity index (χ4n) is 12.5. The molecule has 11 aromatic carbocycles. The number of hydrogen-bond acceptors (Lipinski definition) is 2. The number of fused-ring (bicyclic) bond motifs is 10. The summed E-state index contributed by atoms with van der Waals surface area (Å²) in [6.07, 6.45) is 3.03. The number of hydrogen-bond donors (Lipinski definition) is 0. The first-order chi connectivity index (χ1) is 51.4. The number of aryl methyl sites for hydroxylation is 2. The standard InChI is InChI=1S/C82H67N4OSi.Pt/c1-54-45-78(83-52-55(54)2)86-75-39-21-20-35-70(75)71-43-41-61(50-77(71)86)87-60-26-22-25-59(49-60)84-53-85-79-66(56-46-57(81(3,4)5)48-58(47-56)82(6,7)8)36-23-37-73(79)74-51-65(42-44-69(74)67-33-18-19-34-68(67)72-38-24-40-76(84)80(72)85)88(62-27-12-9-13-28-62,63-29-14-10-15-30-63)64-31-16-11-17-32-64;/h9-48,51-53H,1-8H3;/q-1;/i1D3,2D3,9D,10D,11D,12D,13D,14D,15D,16D,17D,27D,28D,29D,30D,31D,32D;. The van der Waals surface area contributed by atoms with E-state index in [1.807, 2.05) is 114 Å². The van der Waals surface area contributed by atoms with E-state index in [0.717, 1.165) is 44.8 Å². The zero-order chi connectivity index (χ0) is 78.1. The third kappa shape index (κ3) is 9.72. The molecule has 0 saturated carbocycles. The van der Waals surface area contributed by atoms with Gasteiger partial charge in [0.25, 0.3) is 6.33 Å². The van der Waals surface area contributed by atoms with Crippen molar-refractivity contribution >= 4 is 61.7 Å². The summed E-state index contributed by atoms with van der Waals surface area (Å²) in [7, 11) is -5.68. The van der Waals surface area contributed by atoms with Gasteiger partial charge in [-0.1, -0.05) is 247 Å². The Hall–Kier alpha value is -9.45. The monoisotopic (exact) mass is 1370 g/mol. The second kappa shape index (κ2) is 22.3. The normalized spacial score (nSPS) is 15.8. The summed E-state index contributed by atoms with van der Waals surface area (Å²) < 4.78 is 205. The Labute approximate surface area is 567 Å². The molecule has 5 nitrogen and oxygen atoms in total. The van der Waals surface area contributed by atoms with E-state index in [2.05, 4.69) is 81.4 Å². The summed E-state index contributed by atoms with van der Waals surface area (Å²) in [5.74, 6) is 0.656. The molecule has 0 radical (unpaired) electrons. The van der Waals surface area contributed by atoms with Gasteiger partial charge in [-0.05, 0) is 125 Å². The van der Waals surface area contributed by atoms with Gasteiger partial charge in [0.2, 0.25) is 0 Å². The fraction of sp³-hybridized carbons (Fsp3) is 0.122. The minimum absolute atomic E-state index is 0. The SMILES string of the molecule is [2H]c1c([2H])c([2H])c([Si](c2ccc3c(c2)-c2cccc(-c4cc(C(C)(C)C)cc(C(C)(C)C)c4)c2-[n+]2cn(-c4[c-]c(Oc5[c-]c6c(cc5)c5ccccc5n6-c5cc(C([2H])([2H])[2H])c(C([2H])([2H])[2H])cn5)ccc4)c4cccc(c42)-c2ccccc2-3)(c2c([2H])c([2H])c([2H])c([2H])c2[2H])c2c([2H])c([2H])c([2H])c([2H])c2[2H])c([2H])c1[2H].[Pt]. The van der Waals surface area contributed by atoms with Crippen molar-refractivity contribution in [3.8, 4) is 73.2 Å². The van der Waals surface area contributed by atoms with Crippen LogP contribution in [-0.4, -0.2) is 22.2 Å². The molecular weight excluding hydrogens is 1280 g/mol. The first-order valence-electron chi connectivity index (χ1n) is 39.4. The first-order valence-corrected chi connectivity index (χ1v) is 30.9. The molecule has 0 aliphatic carbocycles. The zero-order valence-electron chi connectivity index (χ0n) is 70.2. The Morgan fingerprint density at radius 1 is 0.494 bits per heavy atom. The molecule has 0 atom stereocenters. The summed E-state index contributed by atoms with van der Waals surface area (Å²) in [4.78, 5) is 4.55. The zero-order valence-corrected chi connectivity index (χ0v) is 52.5. The van der Waals surface area contributed by atoms with E-state index in [-0.39, 0.29) is 65.5 Å². The molecule has 15 rings (SSSR count). The minimum Gasteiger partial charge on any atom is -0.509 e. The predicted molar refractivity (Wildman–Crippen MR) is 367 cm³/mol. The number of benzene rings is 11. The molecule has 0 bridgehead atoms. The van der Waals surface area contributed by atoms with Gasteiger partial charge in [0.05, 0.1) is 20.6 Å². The van der Waals surface area contributed by atoms with E-state index >= 15 is 0 Å². The fourth-order valence-corrected chi connectivity index (χ4v) is 16.3. The number of aromatic nitrogens is 4. The Balaban J connectivity index is 0.0000101. The largest absolute Gasteiger partial charge is 0.509 e. The van der Waals surface area contributed by atoms with Crippen LogP contribution in [0, 0.1) is 25.8 Å². The van der Waals surface area contributed by atoms with Crippen molar-refractivity contribution in [1.29, 1.82) is 0 Å². The number of rotatable bonds is 9. The average Bonchev–Trinajstić information content (AvgIpc) is 0.931. The van der Waals surface area contributed by atoms with Gasteiger partial charge < -0.3 is 9.30 Å². The summed E-state index contributed by atoms with van der Waals surface area (Å²) in [5, 5.41) is -0.392. The van der Waals surface area contributed by atoms with Gasteiger partial charge in [-0.2, -0.15) is 16.7 Å². The van der Waals surface area contributed by atoms with Gasteiger partial charge >= 0.3 is 0 Å². The third-order valence-electron chi connectivity index (χ3n) is 16.8. The maximum atomic E-state index is 9.98. The van der Waals surface area contributed by atoms with Crippen molar-refractivity contribution in [2.75, 3.05) is 0 Å². The van der Waals surface area contributed by atoms with Gasteiger partial charge in [0.1, 0.15) is 11.5 Å². The maximum absolute atomic E-state index is 9.98. The van der Waals surface area contributed by atoms with Crippen LogP contribution < -0.4 is 30.1 Å². The van der Waals surface area contributed by atoms with Crippen LogP contribution in [0.1, 0.15) is 92.6 Å². The Bertz CT molecular complexity index is 5960. The second-order valence-electron chi connectivity index (χ2n) is 24.1. The number of imidazole rings is 1. The van der Waals surface area contributed by atoms with E-state index in [4.69, 9.17) is 17.1 Å². The van der Waals surface area contributed by atoms with Gasteiger partial charge in [0.15, 0.2) is 19.1 Å². The quantitative estimate of drug-likeness (QED) is 0.0625. The van der Waals surface area contributed by atoms with E-state index in [0.29, 0.717) is 61.3 Å². The van der Waals surface area contributed by atoms with E-state index < -0.39 is 128 Å². The van der Waals surface area contributed by atoms with Crippen LogP contribution in [0.15, 0.2) is 261 Å². The molecule has 0 saturated heterocycles. The summed E-state index contributed by atoms with van der Waals surface area (Å²) >= 11 is 0. The molecule has 7 heteroatoms. The molecule has 1 aliphatic heterocycles.